The van der Waals surface area contributed by atoms with Crippen molar-refractivity contribution in [2.24, 2.45) is 0 Å². The third-order valence-corrected chi connectivity index (χ3v) is 3.58. The molecule has 0 aromatic heterocycles. The summed E-state index contributed by atoms with van der Waals surface area (Å²) in [6.07, 6.45) is 1.12. The summed E-state index contributed by atoms with van der Waals surface area (Å²) in [6.45, 7) is 5.82. The molecule has 0 atom stereocenters. The van der Waals surface area contributed by atoms with Crippen molar-refractivity contribution in [2.45, 2.75) is 45.4 Å². The summed E-state index contributed by atoms with van der Waals surface area (Å²) in [5, 5.41) is 14.6. The van der Waals surface area contributed by atoms with Gasteiger partial charge >= 0.3 is 5.97 Å². The van der Waals surface area contributed by atoms with Crippen molar-refractivity contribution in [3.8, 4) is 0 Å². The minimum absolute atomic E-state index is 0.109. The number of benzene rings is 1. The molecule has 1 aromatic carbocycles. The summed E-state index contributed by atoms with van der Waals surface area (Å²) < 4.78 is 0. The number of hydrogen-bond acceptors (Lipinski definition) is 3. The van der Waals surface area contributed by atoms with E-state index in [1.165, 1.54) is 0 Å². The molecule has 6 heteroatoms. The first kappa shape index (κ1) is 18.7. The number of carbonyl (C=O) groups excluding carboxylic acids is 2. The monoisotopic (exact) mass is 320 g/mol. The van der Waals surface area contributed by atoms with E-state index >= 15 is 0 Å². The predicted octanol–water partition coefficient (Wildman–Crippen LogP) is 2.29. The first-order chi connectivity index (χ1) is 10.8. The van der Waals surface area contributed by atoms with Gasteiger partial charge in [-0.1, -0.05) is 19.1 Å². The Bertz CT molecular complexity index is 564. The first-order valence-corrected chi connectivity index (χ1v) is 7.68. The smallest absolute Gasteiger partial charge is 0.313 e. The largest absolute Gasteiger partial charge is 0.481 e. The van der Waals surface area contributed by atoms with E-state index in [1.807, 2.05) is 6.92 Å². The van der Waals surface area contributed by atoms with Gasteiger partial charge in [0.05, 0.1) is 5.41 Å². The molecule has 0 aliphatic rings. The van der Waals surface area contributed by atoms with Gasteiger partial charge in [0.1, 0.15) is 0 Å². The fourth-order valence-corrected chi connectivity index (χ4v) is 1.90. The summed E-state index contributed by atoms with van der Waals surface area (Å²) in [5.41, 5.74) is 0.246. The number of aliphatic carboxylic acids is 1. The van der Waals surface area contributed by atoms with Crippen molar-refractivity contribution >= 4 is 23.5 Å². The number of anilines is 1. The summed E-state index contributed by atoms with van der Waals surface area (Å²) in [5.74, 6) is -1.30. The number of amides is 2. The summed E-state index contributed by atoms with van der Waals surface area (Å²) in [7, 11) is 0. The van der Waals surface area contributed by atoms with Crippen LogP contribution in [0.2, 0.25) is 0 Å². The van der Waals surface area contributed by atoms with Gasteiger partial charge in [0.2, 0.25) is 11.8 Å². The van der Waals surface area contributed by atoms with Gasteiger partial charge in [0.25, 0.3) is 0 Å². The zero-order valence-corrected chi connectivity index (χ0v) is 13.8. The lowest BCUT2D eigenvalue weighted by atomic mass is 9.85. The van der Waals surface area contributed by atoms with Gasteiger partial charge in [0.15, 0.2) is 0 Å². The maximum absolute atomic E-state index is 11.8. The van der Waals surface area contributed by atoms with Crippen LogP contribution in [0.4, 0.5) is 5.69 Å². The van der Waals surface area contributed by atoms with Gasteiger partial charge in [0, 0.05) is 25.1 Å². The maximum Gasteiger partial charge on any atom is 0.313 e. The molecule has 23 heavy (non-hydrogen) atoms. The Labute approximate surface area is 136 Å². The third kappa shape index (κ3) is 5.73. The lowest BCUT2D eigenvalue weighted by Crippen LogP contribution is -2.28. The van der Waals surface area contributed by atoms with Gasteiger partial charge in [-0.15, -0.1) is 0 Å². The van der Waals surface area contributed by atoms with Crippen molar-refractivity contribution in [1.82, 2.24) is 5.32 Å². The van der Waals surface area contributed by atoms with E-state index in [-0.39, 0.29) is 24.7 Å². The molecule has 0 aliphatic carbocycles. The molecule has 0 fully saturated rings. The molecule has 0 unspecified atom stereocenters. The SMILES string of the molecule is CCCNC(=O)CCC(=O)Nc1ccc(C(C)(C)C(=O)O)cc1. The molecule has 126 valence electrons. The van der Waals surface area contributed by atoms with E-state index in [1.54, 1.807) is 38.1 Å². The number of carboxylic acid groups (broad SMARTS) is 1. The Hall–Kier alpha value is -2.37. The van der Waals surface area contributed by atoms with Gasteiger partial charge in [-0.25, -0.2) is 0 Å². The molecular weight excluding hydrogens is 296 g/mol. The van der Waals surface area contributed by atoms with Gasteiger partial charge in [-0.3, -0.25) is 14.4 Å². The maximum atomic E-state index is 11.8. The molecule has 0 radical (unpaired) electrons. The average molecular weight is 320 g/mol. The molecule has 0 saturated carbocycles. The lowest BCUT2D eigenvalue weighted by Gasteiger charge is -2.19. The Balaban J connectivity index is 2.53. The van der Waals surface area contributed by atoms with Crippen molar-refractivity contribution in [1.29, 1.82) is 0 Å². The van der Waals surface area contributed by atoms with E-state index in [2.05, 4.69) is 10.6 Å². The fraction of sp³-hybridized carbons (Fsp3) is 0.471. The topological polar surface area (TPSA) is 95.5 Å². The Morgan fingerprint density at radius 2 is 1.61 bits per heavy atom. The molecule has 0 aliphatic heterocycles. The minimum Gasteiger partial charge on any atom is -0.481 e. The number of carboxylic acids is 1. The second kappa shape index (κ2) is 8.31. The minimum atomic E-state index is -0.986. The lowest BCUT2D eigenvalue weighted by molar-refractivity contribution is -0.142. The van der Waals surface area contributed by atoms with Crippen LogP contribution < -0.4 is 10.6 Å². The molecule has 3 N–H and O–H groups in total. The highest BCUT2D eigenvalue weighted by Gasteiger charge is 2.29. The van der Waals surface area contributed by atoms with Crippen LogP contribution in [0.25, 0.3) is 0 Å². The van der Waals surface area contributed by atoms with Crippen LogP contribution in [-0.2, 0) is 19.8 Å². The summed E-state index contributed by atoms with van der Waals surface area (Å²) in [4.78, 5) is 34.4. The third-order valence-electron chi connectivity index (χ3n) is 3.58. The number of nitrogens with one attached hydrogen (secondary N) is 2. The predicted molar refractivity (Wildman–Crippen MR) is 88.3 cm³/mol. The van der Waals surface area contributed by atoms with Gasteiger partial charge < -0.3 is 15.7 Å². The van der Waals surface area contributed by atoms with Crippen LogP contribution in [0, 0.1) is 0 Å². The molecule has 0 bridgehead atoms. The van der Waals surface area contributed by atoms with Crippen molar-refractivity contribution in [3.05, 3.63) is 29.8 Å². The highest BCUT2D eigenvalue weighted by molar-refractivity contribution is 5.93. The normalized spacial score (nSPS) is 10.9. The number of hydrogen-bond donors (Lipinski definition) is 3. The number of rotatable bonds is 8. The zero-order valence-electron chi connectivity index (χ0n) is 13.8. The van der Waals surface area contributed by atoms with Crippen LogP contribution in [0.15, 0.2) is 24.3 Å². The second-order valence-electron chi connectivity index (χ2n) is 5.91. The highest BCUT2D eigenvalue weighted by atomic mass is 16.4. The van der Waals surface area contributed by atoms with Crippen molar-refractivity contribution in [2.75, 3.05) is 11.9 Å². The van der Waals surface area contributed by atoms with E-state index in [0.717, 1.165) is 6.42 Å². The number of carbonyl (C=O) groups is 3. The molecule has 0 spiro atoms. The van der Waals surface area contributed by atoms with Gasteiger partial charge in [-0.05, 0) is 38.0 Å². The van der Waals surface area contributed by atoms with E-state index in [0.29, 0.717) is 17.8 Å². The second-order valence-corrected chi connectivity index (χ2v) is 5.91. The molecule has 0 saturated heterocycles. The molecule has 6 nitrogen and oxygen atoms in total. The highest BCUT2D eigenvalue weighted by Crippen LogP contribution is 2.24. The molecular formula is C17H24N2O4. The zero-order chi connectivity index (χ0) is 17.5. The van der Waals surface area contributed by atoms with E-state index < -0.39 is 11.4 Å². The summed E-state index contributed by atoms with van der Waals surface area (Å²) in [6, 6.07) is 6.68. The van der Waals surface area contributed by atoms with Crippen LogP contribution >= 0.6 is 0 Å². The Morgan fingerprint density at radius 3 is 2.13 bits per heavy atom. The first-order valence-electron chi connectivity index (χ1n) is 7.68. The van der Waals surface area contributed by atoms with Crippen LogP contribution in [0.1, 0.15) is 45.6 Å². The average Bonchev–Trinajstić information content (AvgIpc) is 2.51. The van der Waals surface area contributed by atoms with E-state index in [4.69, 9.17) is 0 Å². The molecule has 0 heterocycles. The summed E-state index contributed by atoms with van der Waals surface area (Å²) >= 11 is 0. The Morgan fingerprint density at radius 1 is 1.04 bits per heavy atom. The Kier molecular flexibility index (Phi) is 6.75. The molecule has 2 amide bonds. The van der Waals surface area contributed by atoms with Gasteiger partial charge in [-0.2, -0.15) is 0 Å². The molecule has 1 aromatic rings. The van der Waals surface area contributed by atoms with Crippen molar-refractivity contribution in [3.63, 3.8) is 0 Å². The fourth-order valence-electron chi connectivity index (χ4n) is 1.90. The van der Waals surface area contributed by atoms with Crippen LogP contribution in [0.3, 0.4) is 0 Å². The quantitative estimate of drug-likeness (QED) is 0.685. The van der Waals surface area contributed by atoms with E-state index in [9.17, 15) is 19.5 Å². The standard InChI is InChI=1S/C17H24N2O4/c1-4-11-18-14(20)9-10-15(21)19-13-7-5-12(6-8-13)17(2,3)16(22)23/h5-8H,4,9-11H2,1-3H3,(H,18,20)(H,19,21)(H,22,23). The van der Waals surface area contributed by atoms with Crippen LogP contribution in [0.5, 0.6) is 0 Å². The molecule has 1 rings (SSSR count). The van der Waals surface area contributed by atoms with Crippen molar-refractivity contribution < 1.29 is 19.5 Å². The van der Waals surface area contributed by atoms with Crippen LogP contribution in [-0.4, -0.2) is 29.4 Å².